The lowest BCUT2D eigenvalue weighted by atomic mass is 10.0. The SMILES string of the molecule is O=C(Cc1ccc(Cl)cc1Cl)c1ccc(Cl)cc1Br. The fourth-order valence-corrected chi connectivity index (χ4v) is 3.03. The average molecular weight is 378 g/mol. The lowest BCUT2D eigenvalue weighted by Crippen LogP contribution is -2.05. The summed E-state index contributed by atoms with van der Waals surface area (Å²) in [5.41, 5.74) is 1.33. The van der Waals surface area contributed by atoms with Crippen LogP contribution in [0.4, 0.5) is 0 Å². The number of halogens is 4. The van der Waals surface area contributed by atoms with E-state index < -0.39 is 0 Å². The number of Topliss-reactive ketones (excluding diaryl/α,β-unsaturated/α-hetero) is 1. The Morgan fingerprint density at radius 3 is 2.26 bits per heavy atom. The Kier molecular flexibility index (Phi) is 4.91. The van der Waals surface area contributed by atoms with Crippen LogP contribution in [0, 0.1) is 0 Å². The summed E-state index contributed by atoms with van der Waals surface area (Å²) in [4.78, 5) is 12.2. The lowest BCUT2D eigenvalue weighted by molar-refractivity contribution is 0.0992. The van der Waals surface area contributed by atoms with Gasteiger partial charge in [-0.3, -0.25) is 4.79 Å². The number of rotatable bonds is 3. The van der Waals surface area contributed by atoms with E-state index in [9.17, 15) is 4.79 Å². The topological polar surface area (TPSA) is 17.1 Å². The molecule has 0 unspecified atom stereocenters. The molecule has 0 spiro atoms. The first-order valence-corrected chi connectivity index (χ1v) is 7.32. The van der Waals surface area contributed by atoms with Crippen molar-refractivity contribution in [3.05, 3.63) is 67.1 Å². The summed E-state index contributed by atoms with van der Waals surface area (Å²) in [6, 6.07) is 10.2. The summed E-state index contributed by atoms with van der Waals surface area (Å²) >= 11 is 21.1. The van der Waals surface area contributed by atoms with Crippen LogP contribution in [0.2, 0.25) is 15.1 Å². The number of carbonyl (C=O) groups excluding carboxylic acids is 1. The van der Waals surface area contributed by atoms with Crippen LogP contribution >= 0.6 is 50.7 Å². The predicted octanol–water partition coefficient (Wildman–Crippen LogP) is 5.83. The van der Waals surface area contributed by atoms with Gasteiger partial charge in [-0.05, 0) is 51.8 Å². The van der Waals surface area contributed by atoms with Crippen LogP contribution in [0.5, 0.6) is 0 Å². The third-order valence-corrected chi connectivity index (χ3v) is 4.08. The summed E-state index contributed by atoms with van der Waals surface area (Å²) in [5.74, 6) is -0.0345. The minimum Gasteiger partial charge on any atom is -0.294 e. The molecule has 2 rings (SSSR count). The summed E-state index contributed by atoms with van der Waals surface area (Å²) in [6.07, 6.45) is 0.218. The van der Waals surface area contributed by atoms with Crippen LogP contribution in [-0.2, 0) is 6.42 Å². The molecule has 0 radical (unpaired) electrons. The van der Waals surface area contributed by atoms with E-state index in [2.05, 4.69) is 15.9 Å². The van der Waals surface area contributed by atoms with Gasteiger partial charge in [0.2, 0.25) is 0 Å². The second kappa shape index (κ2) is 6.27. The maximum atomic E-state index is 12.2. The molecular formula is C14H8BrCl3O. The van der Waals surface area contributed by atoms with Gasteiger partial charge >= 0.3 is 0 Å². The van der Waals surface area contributed by atoms with Gasteiger partial charge in [0.15, 0.2) is 5.78 Å². The van der Waals surface area contributed by atoms with Gasteiger partial charge in [0.05, 0.1) is 0 Å². The second-order valence-electron chi connectivity index (χ2n) is 3.96. The maximum absolute atomic E-state index is 12.2. The van der Waals surface area contributed by atoms with E-state index in [1.807, 2.05) is 0 Å². The number of hydrogen-bond acceptors (Lipinski definition) is 1. The fourth-order valence-electron chi connectivity index (χ4n) is 1.65. The van der Waals surface area contributed by atoms with Crippen LogP contribution in [0.3, 0.4) is 0 Å². The first kappa shape index (κ1) is 14.9. The Balaban J connectivity index is 2.25. The quantitative estimate of drug-likeness (QED) is 0.614. The van der Waals surface area contributed by atoms with Crippen molar-refractivity contribution in [2.24, 2.45) is 0 Å². The zero-order chi connectivity index (χ0) is 14.0. The lowest BCUT2D eigenvalue weighted by Gasteiger charge is -2.06. The highest BCUT2D eigenvalue weighted by Gasteiger charge is 2.13. The second-order valence-corrected chi connectivity index (χ2v) is 6.09. The van der Waals surface area contributed by atoms with Crippen molar-refractivity contribution >= 4 is 56.5 Å². The van der Waals surface area contributed by atoms with Gasteiger partial charge in [-0.25, -0.2) is 0 Å². The summed E-state index contributed by atoms with van der Waals surface area (Å²) in [5, 5.41) is 1.62. The molecule has 0 heterocycles. The standard InChI is InChI=1S/C14H8BrCl3O/c15-12-6-9(16)3-4-11(12)14(19)5-8-1-2-10(17)7-13(8)18/h1-4,6-7H,5H2. The van der Waals surface area contributed by atoms with Gasteiger partial charge in [0.1, 0.15) is 0 Å². The van der Waals surface area contributed by atoms with E-state index in [-0.39, 0.29) is 12.2 Å². The predicted molar refractivity (Wildman–Crippen MR) is 83.6 cm³/mol. The maximum Gasteiger partial charge on any atom is 0.168 e. The van der Waals surface area contributed by atoms with Crippen LogP contribution in [0.1, 0.15) is 15.9 Å². The van der Waals surface area contributed by atoms with Gasteiger partial charge in [-0.2, -0.15) is 0 Å². The highest BCUT2D eigenvalue weighted by Crippen LogP contribution is 2.26. The zero-order valence-electron chi connectivity index (χ0n) is 9.59. The minimum absolute atomic E-state index is 0.0345. The Morgan fingerprint density at radius 2 is 1.63 bits per heavy atom. The minimum atomic E-state index is -0.0345. The zero-order valence-corrected chi connectivity index (χ0v) is 13.4. The molecule has 0 fully saturated rings. The molecule has 2 aromatic rings. The first-order chi connectivity index (χ1) is 8.97. The van der Waals surface area contributed by atoms with E-state index in [0.717, 1.165) is 5.56 Å². The fraction of sp³-hybridized carbons (Fsp3) is 0.0714. The molecule has 5 heteroatoms. The van der Waals surface area contributed by atoms with Crippen LogP contribution < -0.4 is 0 Å². The average Bonchev–Trinajstić information content (AvgIpc) is 2.32. The molecular weight excluding hydrogens is 370 g/mol. The molecule has 98 valence electrons. The highest BCUT2D eigenvalue weighted by atomic mass is 79.9. The largest absolute Gasteiger partial charge is 0.294 e. The number of benzene rings is 2. The summed E-state index contributed by atoms with van der Waals surface area (Å²) < 4.78 is 0.676. The van der Waals surface area contributed by atoms with Crippen molar-refractivity contribution < 1.29 is 4.79 Å². The van der Waals surface area contributed by atoms with E-state index in [1.165, 1.54) is 0 Å². The molecule has 0 saturated heterocycles. The summed E-state index contributed by atoms with van der Waals surface area (Å²) in [6.45, 7) is 0. The molecule has 19 heavy (non-hydrogen) atoms. The third kappa shape index (κ3) is 3.73. The Labute approximate surface area is 134 Å². The molecule has 0 amide bonds. The smallest absolute Gasteiger partial charge is 0.168 e. The van der Waals surface area contributed by atoms with E-state index in [0.29, 0.717) is 25.1 Å². The molecule has 0 bridgehead atoms. The first-order valence-electron chi connectivity index (χ1n) is 5.39. The van der Waals surface area contributed by atoms with Crippen molar-refractivity contribution in [3.8, 4) is 0 Å². The van der Waals surface area contributed by atoms with Crippen molar-refractivity contribution in [2.75, 3.05) is 0 Å². The monoisotopic (exact) mass is 376 g/mol. The van der Waals surface area contributed by atoms with E-state index >= 15 is 0 Å². The molecule has 2 aromatic carbocycles. The van der Waals surface area contributed by atoms with Crippen molar-refractivity contribution in [1.29, 1.82) is 0 Å². The summed E-state index contributed by atoms with van der Waals surface area (Å²) in [7, 11) is 0. The van der Waals surface area contributed by atoms with E-state index in [4.69, 9.17) is 34.8 Å². The van der Waals surface area contributed by atoms with E-state index in [1.54, 1.807) is 36.4 Å². The van der Waals surface area contributed by atoms with Gasteiger partial charge in [-0.15, -0.1) is 0 Å². The Bertz CT molecular complexity index is 641. The molecule has 1 nitrogen and oxygen atoms in total. The molecule has 0 aliphatic rings. The normalized spacial score (nSPS) is 10.5. The third-order valence-electron chi connectivity index (χ3n) is 2.60. The highest BCUT2D eigenvalue weighted by molar-refractivity contribution is 9.10. The number of ketones is 1. The number of carbonyl (C=O) groups is 1. The van der Waals surface area contributed by atoms with Crippen LogP contribution in [-0.4, -0.2) is 5.78 Å². The molecule has 0 N–H and O–H groups in total. The molecule has 0 saturated carbocycles. The Morgan fingerprint density at radius 1 is 1.00 bits per heavy atom. The van der Waals surface area contributed by atoms with Gasteiger partial charge in [0, 0.05) is 31.5 Å². The van der Waals surface area contributed by atoms with Crippen molar-refractivity contribution in [3.63, 3.8) is 0 Å². The van der Waals surface area contributed by atoms with Crippen LogP contribution in [0.15, 0.2) is 40.9 Å². The molecule has 0 atom stereocenters. The van der Waals surface area contributed by atoms with Crippen molar-refractivity contribution in [1.82, 2.24) is 0 Å². The van der Waals surface area contributed by atoms with Gasteiger partial charge < -0.3 is 0 Å². The van der Waals surface area contributed by atoms with Crippen LogP contribution in [0.25, 0.3) is 0 Å². The molecule has 0 aliphatic carbocycles. The Hall–Kier alpha value is -0.540. The van der Waals surface area contributed by atoms with Crippen molar-refractivity contribution in [2.45, 2.75) is 6.42 Å². The number of hydrogen-bond donors (Lipinski definition) is 0. The molecule has 0 aromatic heterocycles. The molecule has 0 aliphatic heterocycles. The van der Waals surface area contributed by atoms with Gasteiger partial charge in [-0.1, -0.05) is 40.9 Å². The van der Waals surface area contributed by atoms with Gasteiger partial charge in [0.25, 0.3) is 0 Å².